The third-order valence-electron chi connectivity index (χ3n) is 5.10. The number of nitrogens with zero attached hydrogens (tertiary/aromatic N) is 2. The number of hydrogen-bond donors (Lipinski definition) is 0. The number of rotatable bonds is 6. The maximum atomic E-state index is 13.6. The number of thioether (sulfide) groups is 1. The first-order valence-corrected chi connectivity index (χ1v) is 12.0. The van der Waals surface area contributed by atoms with Crippen molar-refractivity contribution in [2.75, 3.05) is 11.5 Å². The summed E-state index contributed by atoms with van der Waals surface area (Å²) in [7, 11) is 0. The van der Waals surface area contributed by atoms with Crippen LogP contribution in [0.4, 0.5) is 11.4 Å². The number of benzene rings is 3. The summed E-state index contributed by atoms with van der Waals surface area (Å²) in [5.41, 5.74) is 4.02. The zero-order valence-electron chi connectivity index (χ0n) is 18.4. The first kappa shape index (κ1) is 23.8. The lowest BCUT2D eigenvalue weighted by Crippen LogP contribution is -2.29. The molecule has 0 radical (unpaired) electrons. The van der Waals surface area contributed by atoms with Crippen LogP contribution in [0.2, 0.25) is 0 Å². The van der Waals surface area contributed by atoms with Crippen LogP contribution in [0.15, 0.2) is 81.1 Å². The minimum absolute atomic E-state index is 0.225. The normalized spacial score (nSPS) is 15.9. The van der Waals surface area contributed by atoms with Crippen molar-refractivity contribution in [3.05, 3.63) is 92.8 Å². The van der Waals surface area contributed by atoms with E-state index in [2.05, 4.69) is 15.9 Å². The number of para-hydroxylation sites is 2. The van der Waals surface area contributed by atoms with Gasteiger partial charge in [0.1, 0.15) is 12.4 Å². The number of hydrogen-bond acceptors (Lipinski definition) is 6. The minimum atomic E-state index is -1.33. The number of aryl methyl sites for hydroxylation is 2. The Labute approximate surface area is 210 Å². The van der Waals surface area contributed by atoms with Crippen molar-refractivity contribution >= 4 is 62.2 Å². The van der Waals surface area contributed by atoms with E-state index in [1.165, 1.54) is 11.8 Å². The molecule has 6 nitrogen and oxygen atoms in total. The van der Waals surface area contributed by atoms with E-state index in [1.807, 2.05) is 62.4 Å². The van der Waals surface area contributed by atoms with Gasteiger partial charge in [-0.3, -0.25) is 9.69 Å². The fourth-order valence-electron chi connectivity index (χ4n) is 3.41. The van der Waals surface area contributed by atoms with Crippen LogP contribution in [-0.4, -0.2) is 23.7 Å². The van der Waals surface area contributed by atoms with E-state index in [1.54, 1.807) is 29.2 Å². The van der Waals surface area contributed by atoms with Gasteiger partial charge in [0.15, 0.2) is 5.17 Å². The molecule has 0 aromatic heterocycles. The SMILES string of the molecule is Cc1ccccc1N=C1S/C(=C\c2cc(Br)ccc2OCC(=O)[O-])C(=O)N1c1ccccc1C. The van der Waals surface area contributed by atoms with E-state index < -0.39 is 12.6 Å². The lowest BCUT2D eigenvalue weighted by Gasteiger charge is -2.18. The number of amidine groups is 1. The summed E-state index contributed by atoms with van der Waals surface area (Å²) >= 11 is 4.68. The molecular formula is C26H20BrN2O4S-. The van der Waals surface area contributed by atoms with Gasteiger partial charge >= 0.3 is 0 Å². The fourth-order valence-corrected chi connectivity index (χ4v) is 4.77. The number of carboxylic acid groups (broad SMARTS) is 1. The van der Waals surface area contributed by atoms with Crippen LogP contribution in [0, 0.1) is 13.8 Å². The molecule has 0 bridgehead atoms. The summed E-state index contributed by atoms with van der Waals surface area (Å²) in [6.07, 6.45) is 1.69. The molecule has 8 heteroatoms. The number of amides is 1. The summed E-state index contributed by atoms with van der Waals surface area (Å²) in [5.74, 6) is -1.22. The van der Waals surface area contributed by atoms with Gasteiger partial charge in [-0.1, -0.05) is 52.3 Å². The molecule has 3 aromatic carbocycles. The average molecular weight is 536 g/mol. The van der Waals surface area contributed by atoms with Gasteiger partial charge in [0.2, 0.25) is 0 Å². The van der Waals surface area contributed by atoms with Gasteiger partial charge in [0, 0.05) is 10.0 Å². The molecule has 0 saturated carbocycles. The molecule has 0 atom stereocenters. The lowest BCUT2D eigenvalue weighted by molar-refractivity contribution is -0.307. The molecule has 0 unspecified atom stereocenters. The number of aliphatic imine (C=N–C) groups is 1. The Hall–Kier alpha value is -3.36. The number of halogens is 1. The van der Waals surface area contributed by atoms with E-state index in [0.717, 1.165) is 27.0 Å². The molecular weight excluding hydrogens is 516 g/mol. The first-order chi connectivity index (χ1) is 16.3. The standard InChI is InChI=1S/C26H21BrN2O4S/c1-16-7-3-5-9-20(16)28-26-29(21-10-6-4-8-17(21)2)25(32)23(34-26)14-18-13-19(27)11-12-22(18)33-15-24(30)31/h3-14H,15H2,1-2H3,(H,30,31)/p-1/b23-14-,28-26?. The lowest BCUT2D eigenvalue weighted by atomic mass is 10.1. The molecule has 34 heavy (non-hydrogen) atoms. The van der Waals surface area contributed by atoms with Crippen molar-refractivity contribution in [3.8, 4) is 5.75 Å². The van der Waals surface area contributed by atoms with Crippen molar-refractivity contribution in [3.63, 3.8) is 0 Å². The van der Waals surface area contributed by atoms with Crippen molar-refractivity contribution in [2.45, 2.75) is 13.8 Å². The van der Waals surface area contributed by atoms with E-state index in [4.69, 9.17) is 9.73 Å². The van der Waals surface area contributed by atoms with Gasteiger partial charge in [-0.15, -0.1) is 0 Å². The van der Waals surface area contributed by atoms with Crippen LogP contribution in [0.5, 0.6) is 5.75 Å². The molecule has 0 N–H and O–H groups in total. The predicted molar refractivity (Wildman–Crippen MR) is 137 cm³/mol. The van der Waals surface area contributed by atoms with Gasteiger partial charge < -0.3 is 14.6 Å². The monoisotopic (exact) mass is 535 g/mol. The Balaban J connectivity index is 1.80. The molecule has 1 aliphatic rings. The number of anilines is 1. The number of aliphatic carboxylic acids is 1. The van der Waals surface area contributed by atoms with Crippen LogP contribution in [0.3, 0.4) is 0 Å². The van der Waals surface area contributed by atoms with Crippen LogP contribution in [0.1, 0.15) is 16.7 Å². The fraction of sp³-hybridized carbons (Fsp3) is 0.115. The third kappa shape index (κ3) is 5.24. The maximum Gasteiger partial charge on any atom is 0.271 e. The molecule has 1 fully saturated rings. The van der Waals surface area contributed by atoms with Crippen molar-refractivity contribution < 1.29 is 19.4 Å². The summed E-state index contributed by atoms with van der Waals surface area (Å²) < 4.78 is 6.14. The molecule has 172 valence electrons. The van der Waals surface area contributed by atoms with Crippen molar-refractivity contribution in [1.82, 2.24) is 0 Å². The number of carbonyl (C=O) groups excluding carboxylic acids is 2. The molecule has 1 amide bonds. The van der Waals surface area contributed by atoms with E-state index in [-0.39, 0.29) is 5.91 Å². The largest absolute Gasteiger partial charge is 0.546 e. The highest BCUT2D eigenvalue weighted by molar-refractivity contribution is 9.10. The number of ether oxygens (including phenoxy) is 1. The highest BCUT2D eigenvalue weighted by Crippen LogP contribution is 2.40. The zero-order valence-corrected chi connectivity index (χ0v) is 20.9. The van der Waals surface area contributed by atoms with Gasteiger partial charge in [-0.25, -0.2) is 4.99 Å². The molecule has 3 aromatic rings. The van der Waals surface area contributed by atoms with Gasteiger partial charge in [-0.05, 0) is 73.1 Å². The second-order valence-corrected chi connectivity index (χ2v) is 9.49. The van der Waals surface area contributed by atoms with E-state index in [0.29, 0.717) is 21.4 Å². The topological polar surface area (TPSA) is 82.0 Å². The van der Waals surface area contributed by atoms with E-state index in [9.17, 15) is 14.7 Å². The van der Waals surface area contributed by atoms with Gasteiger partial charge in [0.25, 0.3) is 5.91 Å². The van der Waals surface area contributed by atoms with Crippen LogP contribution < -0.4 is 14.7 Å². The Bertz CT molecular complexity index is 1340. The Kier molecular flexibility index (Phi) is 7.19. The molecule has 1 saturated heterocycles. The van der Waals surface area contributed by atoms with Crippen LogP contribution in [0.25, 0.3) is 6.08 Å². The zero-order chi connectivity index (χ0) is 24.2. The summed E-state index contributed by atoms with van der Waals surface area (Å²) in [4.78, 5) is 31.4. The summed E-state index contributed by atoms with van der Waals surface area (Å²) in [6, 6.07) is 20.5. The van der Waals surface area contributed by atoms with E-state index >= 15 is 0 Å². The molecule has 1 aliphatic heterocycles. The Morgan fingerprint density at radius 1 is 1.09 bits per heavy atom. The Morgan fingerprint density at radius 3 is 2.50 bits per heavy atom. The number of carboxylic acids is 1. The first-order valence-electron chi connectivity index (χ1n) is 10.4. The molecule has 4 rings (SSSR count). The summed E-state index contributed by atoms with van der Waals surface area (Å²) in [5, 5.41) is 11.4. The maximum absolute atomic E-state index is 13.6. The van der Waals surface area contributed by atoms with Crippen LogP contribution in [-0.2, 0) is 9.59 Å². The predicted octanol–water partition coefficient (Wildman–Crippen LogP) is 5.00. The molecule has 0 spiro atoms. The second kappa shape index (κ2) is 10.3. The quantitative estimate of drug-likeness (QED) is 0.414. The molecule has 0 aliphatic carbocycles. The third-order valence-corrected chi connectivity index (χ3v) is 6.56. The Morgan fingerprint density at radius 2 is 1.79 bits per heavy atom. The van der Waals surface area contributed by atoms with Crippen molar-refractivity contribution in [2.24, 2.45) is 4.99 Å². The highest BCUT2D eigenvalue weighted by Gasteiger charge is 2.35. The van der Waals surface area contributed by atoms with Crippen LogP contribution >= 0.6 is 27.7 Å². The second-order valence-electron chi connectivity index (χ2n) is 7.56. The highest BCUT2D eigenvalue weighted by atomic mass is 79.9. The average Bonchev–Trinajstić information content (AvgIpc) is 3.09. The van der Waals surface area contributed by atoms with Gasteiger partial charge in [0.05, 0.1) is 22.2 Å². The minimum Gasteiger partial charge on any atom is -0.546 e. The van der Waals surface area contributed by atoms with Crippen molar-refractivity contribution in [1.29, 1.82) is 0 Å². The van der Waals surface area contributed by atoms with Gasteiger partial charge in [-0.2, -0.15) is 0 Å². The summed E-state index contributed by atoms with van der Waals surface area (Å²) in [6.45, 7) is 3.33. The smallest absolute Gasteiger partial charge is 0.271 e. The number of carbonyl (C=O) groups is 2. The molecule has 1 heterocycles.